The summed E-state index contributed by atoms with van der Waals surface area (Å²) in [4.78, 5) is 8.32. The fourth-order valence-electron chi connectivity index (χ4n) is 1.29. The Labute approximate surface area is 98.1 Å². The molecule has 0 bridgehead atoms. The van der Waals surface area contributed by atoms with Crippen LogP contribution in [0, 0.1) is 0 Å². The number of ether oxygens (including phenoxy) is 1. The SMILES string of the molecule is Nc1nc(COCCc2ccccn2)cs1. The van der Waals surface area contributed by atoms with Crippen molar-refractivity contribution in [2.45, 2.75) is 13.0 Å². The molecule has 16 heavy (non-hydrogen) atoms. The van der Waals surface area contributed by atoms with Gasteiger partial charge in [-0.3, -0.25) is 4.98 Å². The Balaban J connectivity index is 1.69. The van der Waals surface area contributed by atoms with E-state index in [0.29, 0.717) is 18.3 Å². The molecule has 0 unspecified atom stereocenters. The molecule has 5 heteroatoms. The van der Waals surface area contributed by atoms with Gasteiger partial charge in [-0.1, -0.05) is 6.07 Å². The molecule has 0 saturated carbocycles. The van der Waals surface area contributed by atoms with Gasteiger partial charge in [-0.05, 0) is 12.1 Å². The van der Waals surface area contributed by atoms with Gasteiger partial charge in [-0.15, -0.1) is 11.3 Å². The van der Waals surface area contributed by atoms with Gasteiger partial charge in [0.1, 0.15) is 0 Å². The minimum Gasteiger partial charge on any atom is -0.375 e. The van der Waals surface area contributed by atoms with Crippen molar-refractivity contribution in [3.63, 3.8) is 0 Å². The molecule has 0 aromatic carbocycles. The minimum atomic E-state index is 0.514. The van der Waals surface area contributed by atoms with E-state index in [2.05, 4.69) is 9.97 Å². The lowest BCUT2D eigenvalue weighted by Crippen LogP contribution is -2.00. The zero-order valence-electron chi connectivity index (χ0n) is 8.80. The van der Waals surface area contributed by atoms with Gasteiger partial charge in [0.2, 0.25) is 0 Å². The molecular formula is C11H13N3OS. The quantitative estimate of drug-likeness (QED) is 0.804. The van der Waals surface area contributed by atoms with Gasteiger partial charge in [0.05, 0.1) is 18.9 Å². The summed E-state index contributed by atoms with van der Waals surface area (Å²) in [7, 11) is 0. The lowest BCUT2D eigenvalue weighted by Gasteiger charge is -2.01. The summed E-state index contributed by atoms with van der Waals surface area (Å²) in [5.41, 5.74) is 7.45. The number of anilines is 1. The minimum absolute atomic E-state index is 0.514. The molecule has 0 amide bonds. The first-order chi connectivity index (χ1) is 7.84. The summed E-state index contributed by atoms with van der Waals surface area (Å²) < 4.78 is 5.49. The molecule has 0 radical (unpaired) electrons. The van der Waals surface area contributed by atoms with E-state index in [1.165, 1.54) is 11.3 Å². The zero-order chi connectivity index (χ0) is 11.2. The first kappa shape index (κ1) is 11.0. The molecule has 0 aliphatic carbocycles. The molecule has 2 N–H and O–H groups in total. The number of rotatable bonds is 5. The lowest BCUT2D eigenvalue weighted by molar-refractivity contribution is 0.121. The van der Waals surface area contributed by atoms with Crippen LogP contribution in [0.4, 0.5) is 5.13 Å². The smallest absolute Gasteiger partial charge is 0.180 e. The fourth-order valence-corrected chi connectivity index (χ4v) is 1.84. The number of thiazole rings is 1. The average Bonchev–Trinajstić information content (AvgIpc) is 2.72. The second-order valence-corrected chi connectivity index (χ2v) is 4.19. The van der Waals surface area contributed by atoms with Crippen LogP contribution < -0.4 is 5.73 Å². The largest absolute Gasteiger partial charge is 0.375 e. The van der Waals surface area contributed by atoms with Crippen LogP contribution in [-0.2, 0) is 17.8 Å². The van der Waals surface area contributed by atoms with Crippen molar-refractivity contribution in [2.75, 3.05) is 12.3 Å². The number of pyridine rings is 1. The highest BCUT2D eigenvalue weighted by Gasteiger charge is 1.99. The Morgan fingerprint density at radius 1 is 1.31 bits per heavy atom. The molecule has 0 aliphatic rings. The number of aromatic nitrogens is 2. The van der Waals surface area contributed by atoms with E-state index >= 15 is 0 Å². The second-order valence-electron chi connectivity index (χ2n) is 3.30. The number of nitrogen functional groups attached to an aromatic ring is 1. The summed E-state index contributed by atoms with van der Waals surface area (Å²) in [6, 6.07) is 5.87. The molecule has 0 fully saturated rings. The molecule has 84 valence electrons. The van der Waals surface area contributed by atoms with Gasteiger partial charge >= 0.3 is 0 Å². The highest BCUT2D eigenvalue weighted by molar-refractivity contribution is 7.13. The molecule has 2 rings (SSSR count). The molecular weight excluding hydrogens is 222 g/mol. The van der Waals surface area contributed by atoms with Crippen LogP contribution in [0.5, 0.6) is 0 Å². The second kappa shape index (κ2) is 5.58. The van der Waals surface area contributed by atoms with Crippen molar-refractivity contribution in [1.29, 1.82) is 0 Å². The number of hydrogen-bond donors (Lipinski definition) is 1. The zero-order valence-corrected chi connectivity index (χ0v) is 9.61. The number of nitrogens with two attached hydrogens (primary N) is 1. The predicted octanol–water partition coefficient (Wildman–Crippen LogP) is 1.88. The maximum Gasteiger partial charge on any atom is 0.180 e. The van der Waals surface area contributed by atoms with Crippen molar-refractivity contribution in [2.24, 2.45) is 0 Å². The van der Waals surface area contributed by atoms with Crippen LogP contribution in [0.2, 0.25) is 0 Å². The summed E-state index contributed by atoms with van der Waals surface area (Å²) >= 11 is 1.43. The Morgan fingerprint density at radius 3 is 2.94 bits per heavy atom. The van der Waals surface area contributed by atoms with Crippen LogP contribution in [0.25, 0.3) is 0 Å². The molecule has 2 aromatic heterocycles. The van der Waals surface area contributed by atoms with E-state index in [4.69, 9.17) is 10.5 Å². The molecule has 0 atom stereocenters. The topological polar surface area (TPSA) is 61.0 Å². The molecule has 0 aliphatic heterocycles. The van der Waals surface area contributed by atoms with Gasteiger partial charge < -0.3 is 10.5 Å². The average molecular weight is 235 g/mol. The number of hydrogen-bond acceptors (Lipinski definition) is 5. The third kappa shape index (κ3) is 3.29. The van der Waals surface area contributed by atoms with Gasteiger partial charge in [0.15, 0.2) is 5.13 Å². The Kier molecular flexibility index (Phi) is 3.85. The highest BCUT2D eigenvalue weighted by atomic mass is 32.1. The maximum absolute atomic E-state index is 5.52. The first-order valence-electron chi connectivity index (χ1n) is 5.02. The van der Waals surface area contributed by atoms with Crippen molar-refractivity contribution in [1.82, 2.24) is 9.97 Å². The van der Waals surface area contributed by atoms with Gasteiger partial charge in [-0.25, -0.2) is 4.98 Å². The van der Waals surface area contributed by atoms with Crippen LogP contribution in [0.15, 0.2) is 29.8 Å². The standard InChI is InChI=1S/C11H13N3OS/c12-11-14-10(8-16-11)7-15-6-4-9-3-1-2-5-13-9/h1-3,5,8H,4,6-7H2,(H2,12,14). The fraction of sp³-hybridized carbons (Fsp3) is 0.273. The monoisotopic (exact) mass is 235 g/mol. The summed E-state index contributed by atoms with van der Waals surface area (Å²) in [6.07, 6.45) is 2.61. The number of nitrogens with zero attached hydrogens (tertiary/aromatic N) is 2. The van der Waals surface area contributed by atoms with Crippen LogP contribution in [0.1, 0.15) is 11.4 Å². The lowest BCUT2D eigenvalue weighted by atomic mass is 10.3. The van der Waals surface area contributed by atoms with Crippen molar-refractivity contribution in [3.8, 4) is 0 Å². The van der Waals surface area contributed by atoms with E-state index in [9.17, 15) is 0 Å². The molecule has 4 nitrogen and oxygen atoms in total. The highest BCUT2D eigenvalue weighted by Crippen LogP contribution is 2.11. The third-order valence-corrected chi connectivity index (χ3v) is 2.77. The molecule has 0 saturated heterocycles. The maximum atomic E-state index is 5.52. The van der Waals surface area contributed by atoms with Crippen molar-refractivity contribution >= 4 is 16.5 Å². The predicted molar refractivity (Wildman–Crippen MR) is 64.1 cm³/mol. The van der Waals surface area contributed by atoms with E-state index in [1.54, 1.807) is 6.20 Å². The first-order valence-corrected chi connectivity index (χ1v) is 5.90. The van der Waals surface area contributed by atoms with Crippen LogP contribution in [0.3, 0.4) is 0 Å². The Hall–Kier alpha value is -1.46. The Morgan fingerprint density at radius 2 is 2.25 bits per heavy atom. The van der Waals surface area contributed by atoms with Gasteiger partial charge in [0.25, 0.3) is 0 Å². The van der Waals surface area contributed by atoms with Crippen LogP contribution >= 0.6 is 11.3 Å². The van der Waals surface area contributed by atoms with Crippen molar-refractivity contribution in [3.05, 3.63) is 41.2 Å². The molecule has 2 aromatic rings. The molecule has 2 heterocycles. The van der Waals surface area contributed by atoms with Gasteiger partial charge in [-0.2, -0.15) is 0 Å². The van der Waals surface area contributed by atoms with Crippen LogP contribution in [-0.4, -0.2) is 16.6 Å². The summed E-state index contributed by atoms with van der Waals surface area (Å²) in [5, 5.41) is 2.50. The molecule has 0 spiro atoms. The van der Waals surface area contributed by atoms with E-state index in [0.717, 1.165) is 17.8 Å². The third-order valence-electron chi connectivity index (χ3n) is 2.05. The summed E-state index contributed by atoms with van der Waals surface area (Å²) in [6.45, 7) is 1.16. The van der Waals surface area contributed by atoms with E-state index in [-0.39, 0.29) is 0 Å². The van der Waals surface area contributed by atoms with E-state index < -0.39 is 0 Å². The van der Waals surface area contributed by atoms with E-state index in [1.807, 2.05) is 23.6 Å². The summed E-state index contributed by atoms with van der Waals surface area (Å²) in [5.74, 6) is 0. The Bertz CT molecular complexity index is 430. The van der Waals surface area contributed by atoms with Crippen molar-refractivity contribution < 1.29 is 4.74 Å². The normalized spacial score (nSPS) is 10.5. The van der Waals surface area contributed by atoms with Gasteiger partial charge in [0, 0.05) is 23.7 Å².